The molecule has 2 aliphatic rings. The molecule has 1 atom stereocenters. The number of carbonyl (C=O) groups excluding carboxylic acids is 1. The topological polar surface area (TPSA) is 41.4 Å². The van der Waals surface area contributed by atoms with Crippen molar-refractivity contribution in [1.82, 2.24) is 19.6 Å². The number of hydrogen-bond donors (Lipinski definition) is 0. The van der Waals surface area contributed by atoms with Crippen LogP contribution >= 0.6 is 0 Å². The number of carbonyl (C=O) groups is 1. The summed E-state index contributed by atoms with van der Waals surface area (Å²) in [6.45, 7) is 5.55. The van der Waals surface area contributed by atoms with Crippen molar-refractivity contribution in [3.63, 3.8) is 0 Å². The predicted octanol–water partition coefficient (Wildman–Crippen LogP) is 1.30. The minimum absolute atomic E-state index is 0.254. The summed E-state index contributed by atoms with van der Waals surface area (Å²) in [5.74, 6) is 0.921. The van der Waals surface area contributed by atoms with Crippen molar-refractivity contribution in [2.45, 2.75) is 32.1 Å². The summed E-state index contributed by atoms with van der Waals surface area (Å²) in [6.07, 6.45) is 9.45. The third-order valence-electron chi connectivity index (χ3n) is 4.72. The second-order valence-electron chi connectivity index (χ2n) is 6.55. The smallest absolute Gasteiger partial charge is 0.227 e. The van der Waals surface area contributed by atoms with Gasteiger partial charge in [-0.1, -0.05) is 6.42 Å². The largest absolute Gasteiger partial charge is 0.342 e. The van der Waals surface area contributed by atoms with Gasteiger partial charge in [-0.25, -0.2) is 0 Å². The summed E-state index contributed by atoms with van der Waals surface area (Å²) in [6, 6.07) is 0. The number of aryl methyl sites for hydroxylation is 1. The Balaban J connectivity index is 1.46. The van der Waals surface area contributed by atoms with Crippen LogP contribution in [0.1, 0.15) is 31.2 Å². The minimum atomic E-state index is 0.254. The molecule has 1 aromatic heterocycles. The van der Waals surface area contributed by atoms with Gasteiger partial charge in [-0.05, 0) is 43.8 Å². The van der Waals surface area contributed by atoms with Crippen LogP contribution < -0.4 is 0 Å². The van der Waals surface area contributed by atoms with Gasteiger partial charge in [-0.2, -0.15) is 5.10 Å². The maximum atomic E-state index is 12.3. The zero-order valence-corrected chi connectivity index (χ0v) is 13.0. The molecule has 1 amide bonds. The Bertz CT molecular complexity index is 478. The van der Waals surface area contributed by atoms with Crippen molar-refractivity contribution in [3.05, 3.63) is 18.0 Å². The van der Waals surface area contributed by atoms with Crippen molar-refractivity contribution in [1.29, 1.82) is 0 Å². The summed E-state index contributed by atoms with van der Waals surface area (Å²) in [5.41, 5.74) is 1.02. The zero-order chi connectivity index (χ0) is 14.7. The molecule has 21 heavy (non-hydrogen) atoms. The molecule has 3 rings (SSSR count). The van der Waals surface area contributed by atoms with Gasteiger partial charge in [0.1, 0.15) is 0 Å². The van der Waals surface area contributed by atoms with E-state index in [-0.39, 0.29) is 5.91 Å². The first-order valence-corrected chi connectivity index (χ1v) is 8.18. The Morgan fingerprint density at radius 2 is 2.10 bits per heavy atom. The molecule has 1 aromatic rings. The number of piperidine rings is 1. The molecule has 3 heterocycles. The van der Waals surface area contributed by atoms with Crippen LogP contribution in [0.2, 0.25) is 0 Å². The molecule has 0 bridgehead atoms. The van der Waals surface area contributed by atoms with Crippen LogP contribution in [-0.4, -0.2) is 58.2 Å². The van der Waals surface area contributed by atoms with Gasteiger partial charge in [0, 0.05) is 32.9 Å². The summed E-state index contributed by atoms with van der Waals surface area (Å²) in [5, 5.41) is 4.13. The third kappa shape index (κ3) is 3.84. The molecule has 0 aliphatic carbocycles. The first-order chi connectivity index (χ1) is 10.2. The van der Waals surface area contributed by atoms with E-state index >= 15 is 0 Å². The standard InChI is InChI=1S/C16H26N4O/c1-18-11-15(10-17-18)9-16(21)20-8-5-14(13-20)12-19-6-3-2-4-7-19/h10-11,14H,2-9,12-13H2,1H3/t14-/m0/s1. The number of hydrogen-bond acceptors (Lipinski definition) is 3. The van der Waals surface area contributed by atoms with Gasteiger partial charge < -0.3 is 9.80 Å². The average Bonchev–Trinajstić information content (AvgIpc) is 3.09. The Labute approximate surface area is 126 Å². The molecular formula is C16H26N4O. The summed E-state index contributed by atoms with van der Waals surface area (Å²) in [4.78, 5) is 17.0. The molecule has 2 aliphatic heterocycles. The van der Waals surface area contributed by atoms with Gasteiger partial charge in [0.15, 0.2) is 0 Å². The van der Waals surface area contributed by atoms with E-state index in [1.807, 2.05) is 18.1 Å². The van der Waals surface area contributed by atoms with Crippen molar-refractivity contribution in [2.24, 2.45) is 13.0 Å². The fraction of sp³-hybridized carbons (Fsp3) is 0.750. The molecule has 0 spiro atoms. The maximum Gasteiger partial charge on any atom is 0.227 e. The van der Waals surface area contributed by atoms with E-state index in [2.05, 4.69) is 10.00 Å². The second kappa shape index (κ2) is 6.60. The van der Waals surface area contributed by atoms with E-state index in [1.54, 1.807) is 10.9 Å². The lowest BCUT2D eigenvalue weighted by Gasteiger charge is -2.29. The quantitative estimate of drug-likeness (QED) is 0.839. The highest BCUT2D eigenvalue weighted by molar-refractivity contribution is 5.78. The Kier molecular flexibility index (Phi) is 4.58. The maximum absolute atomic E-state index is 12.3. The average molecular weight is 290 g/mol. The van der Waals surface area contributed by atoms with E-state index in [4.69, 9.17) is 0 Å². The lowest BCUT2D eigenvalue weighted by atomic mass is 10.1. The summed E-state index contributed by atoms with van der Waals surface area (Å²) in [7, 11) is 1.89. The van der Waals surface area contributed by atoms with Gasteiger partial charge in [-0.3, -0.25) is 9.48 Å². The van der Waals surface area contributed by atoms with Gasteiger partial charge in [0.25, 0.3) is 0 Å². The van der Waals surface area contributed by atoms with Crippen molar-refractivity contribution >= 4 is 5.91 Å². The van der Waals surface area contributed by atoms with Crippen LogP contribution in [0.5, 0.6) is 0 Å². The molecule has 116 valence electrons. The Morgan fingerprint density at radius 3 is 2.81 bits per heavy atom. The molecule has 2 fully saturated rings. The van der Waals surface area contributed by atoms with Gasteiger partial charge in [0.05, 0.1) is 12.6 Å². The number of amides is 1. The van der Waals surface area contributed by atoms with Crippen molar-refractivity contribution in [3.8, 4) is 0 Å². The molecule has 0 unspecified atom stereocenters. The SMILES string of the molecule is Cn1cc(CC(=O)N2CC[C@@H](CN3CCCCC3)C2)cn1. The number of rotatable bonds is 4. The number of nitrogens with zero attached hydrogens (tertiary/aromatic N) is 4. The fourth-order valence-corrected chi connectivity index (χ4v) is 3.56. The fourth-order valence-electron chi connectivity index (χ4n) is 3.56. The van der Waals surface area contributed by atoms with Gasteiger partial charge >= 0.3 is 0 Å². The molecule has 0 saturated carbocycles. The predicted molar refractivity (Wildman–Crippen MR) is 81.9 cm³/mol. The second-order valence-corrected chi connectivity index (χ2v) is 6.55. The summed E-state index contributed by atoms with van der Waals surface area (Å²) < 4.78 is 1.76. The Morgan fingerprint density at radius 1 is 1.29 bits per heavy atom. The lowest BCUT2D eigenvalue weighted by molar-refractivity contribution is -0.129. The highest BCUT2D eigenvalue weighted by Gasteiger charge is 2.28. The van der Waals surface area contributed by atoms with E-state index in [0.717, 1.165) is 25.1 Å². The van der Waals surface area contributed by atoms with Crippen molar-refractivity contribution in [2.75, 3.05) is 32.7 Å². The normalized spacial score (nSPS) is 23.7. The van der Waals surface area contributed by atoms with E-state index in [0.29, 0.717) is 12.3 Å². The van der Waals surface area contributed by atoms with E-state index < -0.39 is 0 Å². The van der Waals surface area contributed by atoms with Crippen molar-refractivity contribution < 1.29 is 4.79 Å². The van der Waals surface area contributed by atoms with Gasteiger partial charge in [-0.15, -0.1) is 0 Å². The van der Waals surface area contributed by atoms with Crippen LogP contribution in [0.15, 0.2) is 12.4 Å². The molecule has 0 radical (unpaired) electrons. The zero-order valence-electron chi connectivity index (χ0n) is 13.0. The van der Waals surface area contributed by atoms with Crippen LogP contribution in [-0.2, 0) is 18.3 Å². The lowest BCUT2D eigenvalue weighted by Crippen LogP contribution is -2.36. The molecular weight excluding hydrogens is 264 g/mol. The van der Waals surface area contributed by atoms with Gasteiger partial charge in [0.2, 0.25) is 5.91 Å². The Hall–Kier alpha value is -1.36. The van der Waals surface area contributed by atoms with E-state index in [1.165, 1.54) is 38.9 Å². The third-order valence-corrected chi connectivity index (χ3v) is 4.72. The number of aromatic nitrogens is 2. The highest BCUT2D eigenvalue weighted by atomic mass is 16.2. The molecule has 5 nitrogen and oxygen atoms in total. The molecule has 0 N–H and O–H groups in total. The molecule has 2 saturated heterocycles. The van der Waals surface area contributed by atoms with Crippen LogP contribution in [0.3, 0.4) is 0 Å². The monoisotopic (exact) mass is 290 g/mol. The first-order valence-electron chi connectivity index (χ1n) is 8.18. The summed E-state index contributed by atoms with van der Waals surface area (Å²) >= 11 is 0. The minimum Gasteiger partial charge on any atom is -0.342 e. The molecule has 5 heteroatoms. The number of likely N-dealkylation sites (tertiary alicyclic amines) is 2. The molecule has 0 aromatic carbocycles. The van der Waals surface area contributed by atoms with E-state index in [9.17, 15) is 4.79 Å². The van der Waals surface area contributed by atoms with Crippen LogP contribution in [0.4, 0.5) is 0 Å². The first kappa shape index (κ1) is 14.6. The van der Waals surface area contributed by atoms with Crippen LogP contribution in [0.25, 0.3) is 0 Å². The van der Waals surface area contributed by atoms with Crippen LogP contribution in [0, 0.1) is 5.92 Å². The highest BCUT2D eigenvalue weighted by Crippen LogP contribution is 2.20.